The molecule has 0 saturated carbocycles. The predicted octanol–water partition coefficient (Wildman–Crippen LogP) is 2.87. The number of benzene rings is 1. The molecular formula is C13H13F4N3. The predicted molar refractivity (Wildman–Crippen MR) is 65.2 cm³/mol. The number of hydrogen-bond acceptors (Lipinski definition) is 2. The molecule has 0 aliphatic heterocycles. The first-order valence-corrected chi connectivity index (χ1v) is 5.97. The van der Waals surface area contributed by atoms with Crippen LogP contribution in [0.15, 0.2) is 36.5 Å². The molecule has 0 unspecified atom stereocenters. The van der Waals surface area contributed by atoms with Crippen LogP contribution >= 0.6 is 0 Å². The first-order valence-electron chi connectivity index (χ1n) is 5.97. The summed E-state index contributed by atoms with van der Waals surface area (Å²) in [4.78, 5) is 0. The van der Waals surface area contributed by atoms with E-state index in [1.54, 1.807) is 12.1 Å². The van der Waals surface area contributed by atoms with Crippen LogP contribution in [-0.2, 0) is 19.6 Å². The monoisotopic (exact) mass is 287 g/mol. The van der Waals surface area contributed by atoms with Gasteiger partial charge in [-0.25, -0.2) is 4.39 Å². The molecule has 1 aromatic carbocycles. The van der Waals surface area contributed by atoms with E-state index in [4.69, 9.17) is 0 Å². The molecule has 0 bridgehead atoms. The molecule has 0 aliphatic rings. The van der Waals surface area contributed by atoms with Crippen molar-refractivity contribution in [3.8, 4) is 0 Å². The number of aromatic nitrogens is 2. The SMILES string of the molecule is Fc1ccc(CNCc2ccn(CC(F)(F)F)n2)cc1. The van der Waals surface area contributed by atoms with E-state index in [0.29, 0.717) is 18.8 Å². The summed E-state index contributed by atoms with van der Waals surface area (Å²) in [5.74, 6) is -0.306. The summed E-state index contributed by atoms with van der Waals surface area (Å²) in [7, 11) is 0. The highest BCUT2D eigenvalue weighted by Gasteiger charge is 2.28. The van der Waals surface area contributed by atoms with Crippen molar-refractivity contribution < 1.29 is 17.6 Å². The number of halogens is 4. The van der Waals surface area contributed by atoms with Crippen LogP contribution in [0.5, 0.6) is 0 Å². The van der Waals surface area contributed by atoms with Gasteiger partial charge in [0.25, 0.3) is 0 Å². The molecule has 0 atom stereocenters. The van der Waals surface area contributed by atoms with E-state index in [9.17, 15) is 17.6 Å². The third-order valence-corrected chi connectivity index (χ3v) is 2.59. The van der Waals surface area contributed by atoms with Gasteiger partial charge in [-0.05, 0) is 23.8 Å². The summed E-state index contributed by atoms with van der Waals surface area (Å²) in [6, 6.07) is 7.53. The third kappa shape index (κ3) is 4.65. The lowest BCUT2D eigenvalue weighted by Crippen LogP contribution is -2.19. The van der Waals surface area contributed by atoms with Crippen molar-refractivity contribution in [3.05, 3.63) is 53.6 Å². The topological polar surface area (TPSA) is 29.9 Å². The van der Waals surface area contributed by atoms with Crippen molar-refractivity contribution in [1.29, 1.82) is 0 Å². The second-order valence-corrected chi connectivity index (χ2v) is 4.35. The Hall–Kier alpha value is -1.89. The Balaban J connectivity index is 1.81. The molecule has 1 N–H and O–H groups in total. The number of alkyl halides is 3. The largest absolute Gasteiger partial charge is 0.408 e. The van der Waals surface area contributed by atoms with Crippen LogP contribution in [0.1, 0.15) is 11.3 Å². The Labute approximate surface area is 113 Å². The van der Waals surface area contributed by atoms with E-state index in [2.05, 4.69) is 10.4 Å². The first kappa shape index (κ1) is 14.5. The van der Waals surface area contributed by atoms with Crippen LogP contribution in [0.2, 0.25) is 0 Å². The third-order valence-electron chi connectivity index (χ3n) is 2.59. The highest BCUT2D eigenvalue weighted by Crippen LogP contribution is 2.16. The second kappa shape index (κ2) is 6.04. The minimum Gasteiger partial charge on any atom is -0.307 e. The van der Waals surface area contributed by atoms with Crippen LogP contribution in [-0.4, -0.2) is 16.0 Å². The van der Waals surface area contributed by atoms with E-state index in [1.165, 1.54) is 24.4 Å². The standard InChI is InChI=1S/C13H13F4N3/c14-11-3-1-10(2-4-11)7-18-8-12-5-6-20(19-12)9-13(15,16)17/h1-6,18H,7-9H2. The lowest BCUT2D eigenvalue weighted by atomic mass is 10.2. The van der Waals surface area contributed by atoms with Crippen LogP contribution in [0.3, 0.4) is 0 Å². The number of nitrogens with one attached hydrogen (secondary N) is 1. The quantitative estimate of drug-likeness (QED) is 0.857. The van der Waals surface area contributed by atoms with Crippen LogP contribution in [0.4, 0.5) is 17.6 Å². The molecule has 2 rings (SSSR count). The molecule has 0 radical (unpaired) electrons. The highest BCUT2D eigenvalue weighted by molar-refractivity contribution is 5.15. The minimum atomic E-state index is -4.27. The number of nitrogens with zero attached hydrogens (tertiary/aromatic N) is 2. The summed E-state index contributed by atoms with van der Waals surface area (Å²) >= 11 is 0. The van der Waals surface area contributed by atoms with Crippen molar-refractivity contribution in [1.82, 2.24) is 15.1 Å². The van der Waals surface area contributed by atoms with E-state index in [-0.39, 0.29) is 5.82 Å². The fraction of sp³-hybridized carbons (Fsp3) is 0.308. The van der Waals surface area contributed by atoms with E-state index in [0.717, 1.165) is 10.2 Å². The molecule has 2 aromatic rings. The molecule has 1 heterocycles. The molecule has 7 heteroatoms. The van der Waals surface area contributed by atoms with Crippen molar-refractivity contribution in [2.45, 2.75) is 25.8 Å². The number of rotatable bonds is 5. The molecule has 0 saturated heterocycles. The second-order valence-electron chi connectivity index (χ2n) is 4.35. The van der Waals surface area contributed by atoms with Crippen molar-refractivity contribution in [3.63, 3.8) is 0 Å². The van der Waals surface area contributed by atoms with Gasteiger partial charge < -0.3 is 5.32 Å². The molecule has 20 heavy (non-hydrogen) atoms. The molecule has 0 aliphatic carbocycles. The Kier molecular flexibility index (Phi) is 4.39. The fourth-order valence-corrected chi connectivity index (χ4v) is 1.71. The molecule has 1 aromatic heterocycles. The zero-order valence-electron chi connectivity index (χ0n) is 10.5. The summed E-state index contributed by atoms with van der Waals surface area (Å²) in [5, 5.41) is 6.85. The Morgan fingerprint density at radius 3 is 2.40 bits per heavy atom. The van der Waals surface area contributed by atoms with Gasteiger partial charge in [0.1, 0.15) is 12.4 Å². The maximum absolute atomic E-state index is 12.7. The van der Waals surface area contributed by atoms with Crippen LogP contribution in [0, 0.1) is 5.82 Å². The van der Waals surface area contributed by atoms with Gasteiger partial charge in [-0.15, -0.1) is 0 Å². The summed E-state index contributed by atoms with van der Waals surface area (Å²) in [6.45, 7) is -0.250. The van der Waals surface area contributed by atoms with Gasteiger partial charge in [-0.1, -0.05) is 12.1 Å². The van der Waals surface area contributed by atoms with Crippen LogP contribution < -0.4 is 5.32 Å². The van der Waals surface area contributed by atoms with Crippen molar-refractivity contribution >= 4 is 0 Å². The smallest absolute Gasteiger partial charge is 0.307 e. The van der Waals surface area contributed by atoms with Gasteiger partial charge in [-0.3, -0.25) is 4.68 Å². The summed E-state index contributed by atoms with van der Waals surface area (Å²) in [5.41, 5.74) is 1.41. The zero-order valence-corrected chi connectivity index (χ0v) is 10.5. The van der Waals surface area contributed by atoms with Gasteiger partial charge in [0.2, 0.25) is 0 Å². The van der Waals surface area contributed by atoms with Gasteiger partial charge in [0.05, 0.1) is 5.69 Å². The van der Waals surface area contributed by atoms with Gasteiger partial charge in [0, 0.05) is 19.3 Å². The minimum absolute atomic E-state index is 0.306. The van der Waals surface area contributed by atoms with Crippen LogP contribution in [0.25, 0.3) is 0 Å². The average molecular weight is 287 g/mol. The zero-order chi connectivity index (χ0) is 14.6. The molecule has 0 fully saturated rings. The van der Waals surface area contributed by atoms with E-state index < -0.39 is 12.7 Å². The fourth-order valence-electron chi connectivity index (χ4n) is 1.71. The summed E-state index contributed by atoms with van der Waals surface area (Å²) in [6.07, 6.45) is -2.98. The normalized spacial score (nSPS) is 11.8. The molecule has 3 nitrogen and oxygen atoms in total. The molecule has 0 spiro atoms. The van der Waals surface area contributed by atoms with Gasteiger partial charge >= 0.3 is 6.18 Å². The lowest BCUT2D eigenvalue weighted by molar-refractivity contribution is -0.142. The van der Waals surface area contributed by atoms with Gasteiger partial charge in [0.15, 0.2) is 0 Å². The van der Waals surface area contributed by atoms with E-state index in [1.807, 2.05) is 0 Å². The van der Waals surface area contributed by atoms with Crippen molar-refractivity contribution in [2.24, 2.45) is 0 Å². The maximum atomic E-state index is 12.7. The van der Waals surface area contributed by atoms with E-state index >= 15 is 0 Å². The Bertz CT molecular complexity index is 545. The Morgan fingerprint density at radius 1 is 1.05 bits per heavy atom. The Morgan fingerprint density at radius 2 is 1.75 bits per heavy atom. The van der Waals surface area contributed by atoms with Crippen molar-refractivity contribution in [2.75, 3.05) is 0 Å². The van der Waals surface area contributed by atoms with Gasteiger partial charge in [-0.2, -0.15) is 18.3 Å². The first-order chi connectivity index (χ1) is 9.42. The maximum Gasteiger partial charge on any atom is 0.408 e. The molecule has 108 valence electrons. The summed E-state index contributed by atoms with van der Waals surface area (Å²) < 4.78 is 50.0. The average Bonchev–Trinajstić information content (AvgIpc) is 2.77. The molecular weight excluding hydrogens is 274 g/mol. The number of hydrogen-bond donors (Lipinski definition) is 1. The lowest BCUT2D eigenvalue weighted by Gasteiger charge is -2.06. The molecule has 0 amide bonds. The highest BCUT2D eigenvalue weighted by atomic mass is 19.4.